The van der Waals surface area contributed by atoms with Crippen molar-refractivity contribution in [2.24, 2.45) is 0 Å². The predicted molar refractivity (Wildman–Crippen MR) is 97.4 cm³/mol. The van der Waals surface area contributed by atoms with E-state index >= 15 is 0 Å². The van der Waals surface area contributed by atoms with E-state index in [1.54, 1.807) is 7.11 Å². The number of para-hydroxylation sites is 2. The Kier molecular flexibility index (Phi) is 6.09. The molecule has 25 heavy (non-hydrogen) atoms. The molecule has 3 rings (SSSR count). The third-order valence-corrected chi connectivity index (χ3v) is 4.31. The highest BCUT2D eigenvalue weighted by atomic mass is 16.5. The number of methoxy groups -OCH3 is 1. The minimum atomic E-state index is -0.536. The Balaban J connectivity index is 1.43. The van der Waals surface area contributed by atoms with E-state index in [1.807, 2.05) is 48.7 Å². The summed E-state index contributed by atoms with van der Waals surface area (Å²) in [6.45, 7) is 4.49. The van der Waals surface area contributed by atoms with E-state index < -0.39 is 6.10 Å². The summed E-state index contributed by atoms with van der Waals surface area (Å²) in [4.78, 5) is 8.93. The molecule has 0 spiro atoms. The number of benzene rings is 1. The molecule has 0 unspecified atom stereocenters. The van der Waals surface area contributed by atoms with Gasteiger partial charge in [-0.2, -0.15) is 0 Å². The smallest absolute Gasteiger partial charge is 0.161 e. The van der Waals surface area contributed by atoms with Crippen molar-refractivity contribution in [2.75, 3.05) is 51.3 Å². The molecule has 0 saturated carbocycles. The average molecular weight is 343 g/mol. The molecule has 0 radical (unpaired) electrons. The van der Waals surface area contributed by atoms with Crippen LogP contribution >= 0.6 is 0 Å². The van der Waals surface area contributed by atoms with Crippen molar-refractivity contribution in [1.29, 1.82) is 0 Å². The Morgan fingerprint density at radius 1 is 1.04 bits per heavy atom. The molecule has 1 aliphatic heterocycles. The number of hydrogen-bond acceptors (Lipinski definition) is 6. The van der Waals surface area contributed by atoms with Crippen LogP contribution in [0.5, 0.6) is 11.5 Å². The number of nitrogens with zero attached hydrogens (tertiary/aromatic N) is 3. The first-order chi connectivity index (χ1) is 12.3. The molecule has 2 heterocycles. The monoisotopic (exact) mass is 343 g/mol. The van der Waals surface area contributed by atoms with Crippen LogP contribution in [0.4, 0.5) is 5.82 Å². The summed E-state index contributed by atoms with van der Waals surface area (Å²) < 4.78 is 11.0. The highest BCUT2D eigenvalue weighted by molar-refractivity contribution is 5.39. The maximum absolute atomic E-state index is 10.3. The van der Waals surface area contributed by atoms with Gasteiger partial charge in [-0.15, -0.1) is 0 Å². The number of anilines is 1. The summed E-state index contributed by atoms with van der Waals surface area (Å²) in [6, 6.07) is 13.4. The van der Waals surface area contributed by atoms with Crippen LogP contribution in [0.25, 0.3) is 0 Å². The van der Waals surface area contributed by atoms with Gasteiger partial charge in [0.2, 0.25) is 0 Å². The minimum Gasteiger partial charge on any atom is -0.493 e. The molecule has 1 fully saturated rings. The quantitative estimate of drug-likeness (QED) is 0.825. The summed E-state index contributed by atoms with van der Waals surface area (Å²) in [5.74, 6) is 2.35. The third-order valence-electron chi connectivity index (χ3n) is 4.31. The molecule has 1 aliphatic rings. The van der Waals surface area contributed by atoms with Gasteiger partial charge in [-0.3, -0.25) is 4.90 Å². The molecule has 6 heteroatoms. The Bertz CT molecular complexity index is 645. The summed E-state index contributed by atoms with van der Waals surface area (Å²) in [6.07, 6.45) is 1.28. The summed E-state index contributed by atoms with van der Waals surface area (Å²) >= 11 is 0. The first-order valence-electron chi connectivity index (χ1n) is 8.58. The Morgan fingerprint density at radius 2 is 1.76 bits per heavy atom. The van der Waals surface area contributed by atoms with E-state index in [1.165, 1.54) is 0 Å². The van der Waals surface area contributed by atoms with Crippen LogP contribution in [0.2, 0.25) is 0 Å². The van der Waals surface area contributed by atoms with Crippen LogP contribution in [-0.4, -0.2) is 67.5 Å². The van der Waals surface area contributed by atoms with E-state index in [9.17, 15) is 5.11 Å². The molecular formula is C19H25N3O3. The molecular weight excluding hydrogens is 318 g/mol. The SMILES string of the molecule is COc1ccccc1OC[C@@H](O)CN1CCN(c2ccccn2)CC1. The molecule has 6 nitrogen and oxygen atoms in total. The molecule has 0 amide bonds. The zero-order valence-electron chi connectivity index (χ0n) is 14.5. The van der Waals surface area contributed by atoms with Gasteiger partial charge in [-0.25, -0.2) is 4.98 Å². The maximum atomic E-state index is 10.3. The molecule has 1 saturated heterocycles. The van der Waals surface area contributed by atoms with Crippen LogP contribution in [0.1, 0.15) is 0 Å². The number of rotatable bonds is 7. The number of hydrogen-bond donors (Lipinski definition) is 1. The summed E-state index contributed by atoms with van der Waals surface area (Å²) in [5.41, 5.74) is 0. The lowest BCUT2D eigenvalue weighted by Crippen LogP contribution is -2.49. The zero-order chi connectivity index (χ0) is 17.5. The fourth-order valence-electron chi connectivity index (χ4n) is 2.98. The van der Waals surface area contributed by atoms with Gasteiger partial charge < -0.3 is 19.5 Å². The number of β-amino-alcohol motifs (C(OH)–C–C–N with tert-alkyl or cyclic N) is 1. The lowest BCUT2D eigenvalue weighted by molar-refractivity contribution is 0.0653. The molecule has 1 atom stereocenters. The van der Waals surface area contributed by atoms with Crippen LogP contribution < -0.4 is 14.4 Å². The zero-order valence-corrected chi connectivity index (χ0v) is 14.5. The number of aliphatic hydroxyl groups excluding tert-OH is 1. The molecule has 1 aromatic carbocycles. The van der Waals surface area contributed by atoms with Gasteiger partial charge in [0.15, 0.2) is 11.5 Å². The van der Waals surface area contributed by atoms with Crippen molar-refractivity contribution in [3.8, 4) is 11.5 Å². The van der Waals surface area contributed by atoms with Gasteiger partial charge in [-0.05, 0) is 24.3 Å². The van der Waals surface area contributed by atoms with E-state index in [0.717, 1.165) is 32.0 Å². The fraction of sp³-hybridized carbons (Fsp3) is 0.421. The van der Waals surface area contributed by atoms with Gasteiger partial charge in [0.25, 0.3) is 0 Å². The van der Waals surface area contributed by atoms with Crippen LogP contribution in [0.15, 0.2) is 48.7 Å². The van der Waals surface area contributed by atoms with E-state index in [-0.39, 0.29) is 6.61 Å². The highest BCUT2D eigenvalue weighted by Crippen LogP contribution is 2.25. The van der Waals surface area contributed by atoms with Gasteiger partial charge in [0, 0.05) is 38.9 Å². The van der Waals surface area contributed by atoms with Crippen LogP contribution in [0, 0.1) is 0 Å². The largest absolute Gasteiger partial charge is 0.493 e. The van der Waals surface area contributed by atoms with Crippen molar-refractivity contribution in [2.45, 2.75) is 6.10 Å². The predicted octanol–water partition coefficient (Wildman–Crippen LogP) is 1.65. The molecule has 2 aromatic rings. The molecule has 0 bridgehead atoms. The van der Waals surface area contributed by atoms with E-state index in [0.29, 0.717) is 18.0 Å². The Morgan fingerprint density at radius 3 is 2.44 bits per heavy atom. The molecule has 134 valence electrons. The average Bonchev–Trinajstić information content (AvgIpc) is 2.68. The van der Waals surface area contributed by atoms with E-state index in [2.05, 4.69) is 14.8 Å². The normalized spacial score (nSPS) is 16.5. The van der Waals surface area contributed by atoms with Crippen LogP contribution in [-0.2, 0) is 0 Å². The fourth-order valence-corrected chi connectivity index (χ4v) is 2.98. The van der Waals surface area contributed by atoms with Gasteiger partial charge in [-0.1, -0.05) is 18.2 Å². The summed E-state index contributed by atoms with van der Waals surface area (Å²) in [5, 5.41) is 10.3. The highest BCUT2D eigenvalue weighted by Gasteiger charge is 2.20. The second kappa shape index (κ2) is 8.69. The lowest BCUT2D eigenvalue weighted by atomic mass is 10.2. The van der Waals surface area contributed by atoms with Crippen molar-refractivity contribution >= 4 is 5.82 Å². The number of aliphatic hydroxyl groups is 1. The van der Waals surface area contributed by atoms with Crippen molar-refractivity contribution in [1.82, 2.24) is 9.88 Å². The number of pyridine rings is 1. The first-order valence-corrected chi connectivity index (χ1v) is 8.58. The number of ether oxygens (including phenoxy) is 2. The van der Waals surface area contributed by atoms with Crippen LogP contribution in [0.3, 0.4) is 0 Å². The van der Waals surface area contributed by atoms with Gasteiger partial charge >= 0.3 is 0 Å². The Labute approximate surface area is 148 Å². The van der Waals surface area contributed by atoms with E-state index in [4.69, 9.17) is 9.47 Å². The van der Waals surface area contributed by atoms with Gasteiger partial charge in [0.1, 0.15) is 18.5 Å². The second-order valence-corrected chi connectivity index (χ2v) is 6.09. The third kappa shape index (κ3) is 4.84. The minimum absolute atomic E-state index is 0.251. The Hall–Kier alpha value is -2.31. The first kappa shape index (κ1) is 17.5. The standard InChI is InChI=1S/C19H25N3O3/c1-24-17-6-2-3-7-18(17)25-15-16(23)14-21-10-12-22(13-11-21)19-8-4-5-9-20-19/h2-9,16,23H,10-15H2,1H3/t16-/m0/s1. The van der Waals surface area contributed by atoms with Crippen molar-refractivity contribution in [3.63, 3.8) is 0 Å². The van der Waals surface area contributed by atoms with Crippen molar-refractivity contribution < 1.29 is 14.6 Å². The topological polar surface area (TPSA) is 58.1 Å². The van der Waals surface area contributed by atoms with Crippen molar-refractivity contribution in [3.05, 3.63) is 48.7 Å². The maximum Gasteiger partial charge on any atom is 0.161 e. The molecule has 0 aliphatic carbocycles. The molecule has 1 aromatic heterocycles. The molecule has 1 N–H and O–H groups in total. The summed E-state index contributed by atoms with van der Waals surface area (Å²) in [7, 11) is 1.61. The lowest BCUT2D eigenvalue weighted by Gasteiger charge is -2.36. The number of aromatic nitrogens is 1. The second-order valence-electron chi connectivity index (χ2n) is 6.09. The number of piperazine rings is 1. The van der Waals surface area contributed by atoms with Gasteiger partial charge in [0.05, 0.1) is 7.11 Å².